The first-order valence-electron chi connectivity index (χ1n) is 8.85. The van der Waals surface area contributed by atoms with Crippen LogP contribution in [0.4, 0.5) is 5.69 Å². The molecule has 3 aromatic rings. The normalized spacial score (nSPS) is 19.4. The van der Waals surface area contributed by atoms with Crippen LogP contribution in [0.1, 0.15) is 27.8 Å². The maximum atomic E-state index is 12.9. The lowest BCUT2D eigenvalue weighted by Crippen LogP contribution is -2.35. The summed E-state index contributed by atoms with van der Waals surface area (Å²) in [5.41, 5.74) is 1.99. The molecule has 2 atom stereocenters. The summed E-state index contributed by atoms with van der Waals surface area (Å²) in [5.74, 6) is -0.462. The molecule has 2 amide bonds. The van der Waals surface area contributed by atoms with Gasteiger partial charge in [0.15, 0.2) is 0 Å². The molecule has 0 aliphatic carbocycles. The molecular weight excluding hydrogens is 376 g/mol. The molecule has 4 nitrogen and oxygen atoms in total. The number of thiophene rings is 2. The third kappa shape index (κ3) is 3.68. The van der Waals surface area contributed by atoms with Crippen LogP contribution in [0.2, 0.25) is 0 Å². The van der Waals surface area contributed by atoms with Crippen molar-refractivity contribution < 1.29 is 9.59 Å². The van der Waals surface area contributed by atoms with E-state index in [9.17, 15) is 9.59 Å². The van der Waals surface area contributed by atoms with Crippen molar-refractivity contribution >= 4 is 40.2 Å². The van der Waals surface area contributed by atoms with Crippen LogP contribution < -0.4 is 10.2 Å². The average Bonchev–Trinajstić information content (AvgIpc) is 3.41. The molecule has 4 rings (SSSR count). The van der Waals surface area contributed by atoms with Crippen LogP contribution in [0.15, 0.2) is 59.3 Å². The number of hydrogen-bond acceptors (Lipinski definition) is 4. The van der Waals surface area contributed by atoms with Crippen molar-refractivity contribution in [2.24, 2.45) is 5.92 Å². The molecule has 1 fully saturated rings. The molecular formula is C21H20N2O2S2. The van der Waals surface area contributed by atoms with E-state index in [0.717, 1.165) is 21.0 Å². The molecule has 138 valence electrons. The monoisotopic (exact) mass is 396 g/mol. The van der Waals surface area contributed by atoms with Gasteiger partial charge in [0.25, 0.3) is 0 Å². The fourth-order valence-corrected chi connectivity index (χ4v) is 5.01. The van der Waals surface area contributed by atoms with Gasteiger partial charge in [-0.3, -0.25) is 9.59 Å². The Morgan fingerprint density at radius 3 is 2.52 bits per heavy atom. The lowest BCUT2D eigenvalue weighted by Gasteiger charge is -2.27. The summed E-state index contributed by atoms with van der Waals surface area (Å²) < 4.78 is 0. The predicted molar refractivity (Wildman–Crippen MR) is 110 cm³/mol. The number of amides is 2. The quantitative estimate of drug-likeness (QED) is 0.689. The van der Waals surface area contributed by atoms with E-state index in [1.165, 1.54) is 0 Å². The fourth-order valence-electron chi connectivity index (χ4n) is 3.48. The van der Waals surface area contributed by atoms with Gasteiger partial charge in [-0.1, -0.05) is 29.8 Å². The molecule has 3 heterocycles. The van der Waals surface area contributed by atoms with E-state index in [1.54, 1.807) is 27.6 Å². The molecule has 1 saturated heterocycles. The topological polar surface area (TPSA) is 49.4 Å². The average molecular weight is 397 g/mol. The van der Waals surface area contributed by atoms with Gasteiger partial charge in [0.1, 0.15) is 0 Å². The summed E-state index contributed by atoms with van der Waals surface area (Å²) in [7, 11) is 0. The van der Waals surface area contributed by atoms with E-state index >= 15 is 0 Å². The van der Waals surface area contributed by atoms with Gasteiger partial charge < -0.3 is 10.2 Å². The van der Waals surface area contributed by atoms with Crippen molar-refractivity contribution in [2.45, 2.75) is 25.9 Å². The van der Waals surface area contributed by atoms with Crippen LogP contribution in [0.5, 0.6) is 0 Å². The van der Waals surface area contributed by atoms with Crippen LogP contribution in [0.3, 0.4) is 0 Å². The van der Waals surface area contributed by atoms with Gasteiger partial charge in [-0.15, -0.1) is 22.7 Å². The second-order valence-electron chi connectivity index (χ2n) is 6.67. The predicted octanol–water partition coefficient (Wildman–Crippen LogP) is 4.53. The van der Waals surface area contributed by atoms with E-state index in [4.69, 9.17) is 0 Å². The highest BCUT2D eigenvalue weighted by Gasteiger charge is 2.45. The summed E-state index contributed by atoms with van der Waals surface area (Å²) in [5, 5.41) is 7.00. The highest BCUT2D eigenvalue weighted by Crippen LogP contribution is 2.43. The molecule has 1 aliphatic heterocycles. The lowest BCUT2D eigenvalue weighted by molar-refractivity contribution is -0.126. The Labute approximate surface area is 166 Å². The van der Waals surface area contributed by atoms with Crippen molar-refractivity contribution in [1.82, 2.24) is 5.32 Å². The largest absolute Gasteiger partial charge is 0.351 e. The smallest absolute Gasteiger partial charge is 0.228 e. The molecule has 1 aromatic carbocycles. The fraction of sp³-hybridized carbons (Fsp3) is 0.238. The minimum Gasteiger partial charge on any atom is -0.351 e. The number of carbonyl (C=O) groups is 2. The second kappa shape index (κ2) is 7.66. The highest BCUT2D eigenvalue weighted by atomic mass is 32.1. The first-order chi connectivity index (χ1) is 13.1. The second-order valence-corrected chi connectivity index (χ2v) is 8.68. The third-order valence-electron chi connectivity index (χ3n) is 4.82. The Morgan fingerprint density at radius 2 is 1.85 bits per heavy atom. The Balaban J connectivity index is 1.62. The summed E-state index contributed by atoms with van der Waals surface area (Å²) in [6.45, 7) is 2.52. The SMILES string of the molecule is Cc1ccc(N2C(=O)CC(C(=O)NCc3cccs3)C2c2cccs2)cc1. The zero-order valence-electron chi connectivity index (χ0n) is 14.9. The van der Waals surface area contributed by atoms with E-state index in [1.807, 2.05) is 66.2 Å². The molecule has 0 bridgehead atoms. The van der Waals surface area contributed by atoms with Gasteiger partial charge in [0.2, 0.25) is 11.8 Å². The van der Waals surface area contributed by atoms with Gasteiger partial charge in [0.05, 0.1) is 18.5 Å². The molecule has 0 radical (unpaired) electrons. The molecule has 27 heavy (non-hydrogen) atoms. The van der Waals surface area contributed by atoms with Crippen molar-refractivity contribution in [3.63, 3.8) is 0 Å². The minimum absolute atomic E-state index is 0.00599. The summed E-state index contributed by atoms with van der Waals surface area (Å²) >= 11 is 3.20. The standard InChI is InChI=1S/C21H20N2O2S2/c1-14-6-8-15(9-7-14)23-19(24)12-17(20(23)18-5-3-11-27-18)21(25)22-13-16-4-2-10-26-16/h2-11,17,20H,12-13H2,1H3,(H,22,25). The van der Waals surface area contributed by atoms with E-state index in [-0.39, 0.29) is 24.3 Å². The maximum Gasteiger partial charge on any atom is 0.228 e. The maximum absolute atomic E-state index is 12.9. The Hall–Kier alpha value is -2.44. The van der Waals surface area contributed by atoms with Crippen LogP contribution in [-0.2, 0) is 16.1 Å². The Bertz CT molecular complexity index is 918. The number of anilines is 1. The van der Waals surface area contributed by atoms with Crippen LogP contribution >= 0.6 is 22.7 Å². The molecule has 0 saturated carbocycles. The summed E-state index contributed by atoms with van der Waals surface area (Å²) in [6, 6.07) is 15.6. The van der Waals surface area contributed by atoms with E-state index in [0.29, 0.717) is 6.54 Å². The first kappa shape index (κ1) is 17.9. The number of nitrogens with one attached hydrogen (secondary N) is 1. The van der Waals surface area contributed by atoms with E-state index in [2.05, 4.69) is 5.32 Å². The molecule has 2 unspecified atom stereocenters. The lowest BCUT2D eigenvalue weighted by atomic mass is 9.97. The van der Waals surface area contributed by atoms with Gasteiger partial charge in [-0.05, 0) is 41.9 Å². The van der Waals surface area contributed by atoms with Gasteiger partial charge in [0, 0.05) is 21.9 Å². The van der Waals surface area contributed by atoms with Crippen molar-refractivity contribution in [3.05, 3.63) is 74.6 Å². The molecule has 0 spiro atoms. The molecule has 6 heteroatoms. The number of aryl methyl sites for hydroxylation is 1. The number of hydrogen-bond donors (Lipinski definition) is 1. The van der Waals surface area contributed by atoms with E-state index < -0.39 is 5.92 Å². The number of benzene rings is 1. The first-order valence-corrected chi connectivity index (χ1v) is 10.6. The molecule has 1 aliphatic rings. The summed E-state index contributed by atoms with van der Waals surface area (Å²) in [6.07, 6.45) is 0.229. The Morgan fingerprint density at radius 1 is 1.11 bits per heavy atom. The third-order valence-corrected chi connectivity index (χ3v) is 6.64. The molecule has 1 N–H and O–H groups in total. The molecule has 2 aromatic heterocycles. The van der Waals surface area contributed by atoms with Gasteiger partial charge >= 0.3 is 0 Å². The van der Waals surface area contributed by atoms with Crippen molar-refractivity contribution in [3.8, 4) is 0 Å². The van der Waals surface area contributed by atoms with Gasteiger partial charge in [-0.25, -0.2) is 0 Å². The van der Waals surface area contributed by atoms with Gasteiger partial charge in [-0.2, -0.15) is 0 Å². The Kier molecular flexibility index (Phi) is 5.09. The number of rotatable bonds is 5. The van der Waals surface area contributed by atoms with Crippen LogP contribution in [0.25, 0.3) is 0 Å². The van der Waals surface area contributed by atoms with Crippen molar-refractivity contribution in [2.75, 3.05) is 4.90 Å². The summed E-state index contributed by atoms with van der Waals surface area (Å²) in [4.78, 5) is 29.7. The van der Waals surface area contributed by atoms with Crippen molar-refractivity contribution in [1.29, 1.82) is 0 Å². The zero-order valence-corrected chi connectivity index (χ0v) is 16.6. The number of nitrogens with zero attached hydrogens (tertiary/aromatic N) is 1. The zero-order chi connectivity index (χ0) is 18.8. The highest BCUT2D eigenvalue weighted by molar-refractivity contribution is 7.10. The minimum atomic E-state index is -0.391. The van der Waals surface area contributed by atoms with Crippen LogP contribution in [0, 0.1) is 12.8 Å². The van der Waals surface area contributed by atoms with Crippen LogP contribution in [-0.4, -0.2) is 11.8 Å². The number of carbonyl (C=O) groups excluding carboxylic acids is 2.